The molecule has 1 aromatic rings. The number of hydrogen-bond donors (Lipinski definition) is 1. The van der Waals surface area contributed by atoms with Crippen LogP contribution in [0.3, 0.4) is 0 Å². The number of nitrogens with zero attached hydrogens (tertiary/aromatic N) is 1. The van der Waals surface area contributed by atoms with E-state index in [9.17, 15) is 13.2 Å². The van der Waals surface area contributed by atoms with Crippen molar-refractivity contribution in [1.82, 2.24) is 4.31 Å². The molecule has 21 heavy (non-hydrogen) atoms. The fourth-order valence-corrected chi connectivity index (χ4v) is 2.57. The molecule has 9 heteroatoms. The molecule has 0 radical (unpaired) electrons. The molecule has 0 spiro atoms. The average molecular weight is 316 g/mol. The minimum Gasteiger partial charge on any atom is -0.469 e. The third-order valence-electron chi connectivity index (χ3n) is 2.89. The van der Waals surface area contributed by atoms with Gasteiger partial charge in [-0.3, -0.25) is 9.52 Å². The molecule has 0 amide bonds. The first-order valence-corrected chi connectivity index (χ1v) is 7.57. The normalized spacial score (nSPS) is 13.3. The maximum absolute atomic E-state index is 12.1. The van der Waals surface area contributed by atoms with Crippen LogP contribution in [0.4, 0.5) is 5.69 Å². The number of fused-ring (bicyclic) bond motifs is 1. The number of rotatable bonds is 6. The minimum atomic E-state index is -3.76. The summed E-state index contributed by atoms with van der Waals surface area (Å²) in [6.45, 7) is 0.136. The van der Waals surface area contributed by atoms with Gasteiger partial charge in [-0.15, -0.1) is 0 Å². The number of esters is 1. The highest BCUT2D eigenvalue weighted by atomic mass is 32.2. The van der Waals surface area contributed by atoms with E-state index >= 15 is 0 Å². The van der Waals surface area contributed by atoms with Crippen LogP contribution in [0.2, 0.25) is 0 Å². The smallest absolute Gasteiger partial charge is 0.306 e. The number of nitrogens with one attached hydrogen (secondary N) is 1. The average Bonchev–Trinajstić information content (AvgIpc) is 2.91. The number of carbonyl (C=O) groups excluding carboxylic acids is 1. The van der Waals surface area contributed by atoms with Crippen molar-refractivity contribution in [2.75, 3.05) is 32.2 Å². The molecule has 1 aliphatic rings. The summed E-state index contributed by atoms with van der Waals surface area (Å²) in [5.41, 5.74) is 0.351. The molecule has 8 nitrogen and oxygen atoms in total. The predicted molar refractivity (Wildman–Crippen MR) is 74.4 cm³/mol. The molecule has 1 heterocycles. The Morgan fingerprint density at radius 3 is 2.81 bits per heavy atom. The summed E-state index contributed by atoms with van der Waals surface area (Å²) in [4.78, 5) is 11.0. The Bertz CT molecular complexity index is 631. The van der Waals surface area contributed by atoms with Gasteiger partial charge in [0.05, 0.1) is 19.2 Å². The Kier molecular flexibility index (Phi) is 4.53. The molecular formula is C12H16N2O6S. The van der Waals surface area contributed by atoms with E-state index in [1.165, 1.54) is 20.2 Å². The van der Waals surface area contributed by atoms with Gasteiger partial charge in [-0.05, 0) is 12.1 Å². The lowest BCUT2D eigenvalue weighted by atomic mass is 10.3. The van der Waals surface area contributed by atoms with E-state index < -0.39 is 16.2 Å². The molecule has 0 unspecified atom stereocenters. The number of methoxy groups -OCH3 is 1. The van der Waals surface area contributed by atoms with Crippen LogP contribution in [-0.2, 0) is 19.7 Å². The van der Waals surface area contributed by atoms with Gasteiger partial charge >= 0.3 is 16.2 Å². The molecule has 116 valence electrons. The zero-order valence-corrected chi connectivity index (χ0v) is 12.5. The molecular weight excluding hydrogens is 300 g/mol. The molecule has 1 aliphatic heterocycles. The van der Waals surface area contributed by atoms with Crippen LogP contribution in [0.5, 0.6) is 11.5 Å². The van der Waals surface area contributed by atoms with E-state index in [1.807, 2.05) is 0 Å². The first kappa shape index (κ1) is 15.4. The van der Waals surface area contributed by atoms with E-state index in [0.717, 1.165) is 4.31 Å². The molecule has 0 aromatic heterocycles. The van der Waals surface area contributed by atoms with Crippen molar-refractivity contribution in [2.24, 2.45) is 0 Å². The molecule has 1 N–H and O–H groups in total. The van der Waals surface area contributed by atoms with Gasteiger partial charge in [0.15, 0.2) is 11.5 Å². The van der Waals surface area contributed by atoms with Crippen molar-refractivity contribution in [3.05, 3.63) is 18.2 Å². The van der Waals surface area contributed by atoms with Gasteiger partial charge in [-0.2, -0.15) is 12.7 Å². The van der Waals surface area contributed by atoms with Gasteiger partial charge in [0.2, 0.25) is 6.79 Å². The quantitative estimate of drug-likeness (QED) is 0.771. The number of benzene rings is 1. The number of ether oxygens (including phenoxy) is 3. The van der Waals surface area contributed by atoms with Crippen LogP contribution in [0.25, 0.3) is 0 Å². The summed E-state index contributed by atoms with van der Waals surface area (Å²) in [7, 11) is -1.13. The van der Waals surface area contributed by atoms with E-state index in [0.29, 0.717) is 17.2 Å². The summed E-state index contributed by atoms with van der Waals surface area (Å²) >= 11 is 0. The Labute approximate surface area is 122 Å². The summed E-state index contributed by atoms with van der Waals surface area (Å²) in [6, 6.07) is 4.72. The fourth-order valence-electron chi connectivity index (χ4n) is 1.66. The van der Waals surface area contributed by atoms with Crippen molar-refractivity contribution < 1.29 is 27.4 Å². The molecule has 0 atom stereocenters. The second-order valence-electron chi connectivity index (χ2n) is 4.32. The number of anilines is 1. The van der Waals surface area contributed by atoms with Crippen molar-refractivity contribution in [3.63, 3.8) is 0 Å². The highest BCUT2D eigenvalue weighted by molar-refractivity contribution is 7.90. The van der Waals surface area contributed by atoms with Gasteiger partial charge in [0, 0.05) is 19.7 Å². The van der Waals surface area contributed by atoms with Crippen molar-refractivity contribution >= 4 is 21.9 Å². The Balaban J connectivity index is 2.01. The molecule has 0 saturated carbocycles. The van der Waals surface area contributed by atoms with E-state index in [4.69, 9.17) is 9.47 Å². The van der Waals surface area contributed by atoms with Crippen molar-refractivity contribution in [2.45, 2.75) is 6.42 Å². The van der Waals surface area contributed by atoms with Crippen LogP contribution in [0, 0.1) is 0 Å². The topological polar surface area (TPSA) is 94.2 Å². The van der Waals surface area contributed by atoms with Crippen LogP contribution in [0.1, 0.15) is 6.42 Å². The monoisotopic (exact) mass is 316 g/mol. The Hall–Kier alpha value is -2.00. The van der Waals surface area contributed by atoms with E-state index in [2.05, 4.69) is 9.46 Å². The second kappa shape index (κ2) is 6.19. The molecule has 2 rings (SSSR count). The van der Waals surface area contributed by atoms with Gasteiger partial charge in [-0.25, -0.2) is 0 Å². The van der Waals surface area contributed by atoms with Crippen LogP contribution >= 0.6 is 0 Å². The highest BCUT2D eigenvalue weighted by Crippen LogP contribution is 2.34. The van der Waals surface area contributed by atoms with Crippen molar-refractivity contribution in [3.8, 4) is 11.5 Å². The fraction of sp³-hybridized carbons (Fsp3) is 0.417. The molecule has 1 aromatic carbocycles. The highest BCUT2D eigenvalue weighted by Gasteiger charge is 2.20. The SMILES string of the molecule is COC(=O)CCN(C)S(=O)(=O)Nc1ccc2c(c1)OCO2. The summed E-state index contributed by atoms with van der Waals surface area (Å²) < 4.78 is 42.4. The summed E-state index contributed by atoms with van der Waals surface area (Å²) in [5, 5.41) is 0. The molecule has 0 fully saturated rings. The van der Waals surface area contributed by atoms with Gasteiger partial charge in [0.25, 0.3) is 0 Å². The Morgan fingerprint density at radius 2 is 2.10 bits per heavy atom. The third-order valence-corrected chi connectivity index (χ3v) is 4.39. The van der Waals surface area contributed by atoms with E-state index in [1.54, 1.807) is 12.1 Å². The molecule has 0 aliphatic carbocycles. The lowest BCUT2D eigenvalue weighted by Gasteiger charge is -2.17. The maximum atomic E-state index is 12.1. The summed E-state index contributed by atoms with van der Waals surface area (Å²) in [5.74, 6) is 0.574. The number of carbonyl (C=O) groups is 1. The molecule has 0 bridgehead atoms. The second-order valence-corrected chi connectivity index (χ2v) is 6.10. The van der Waals surface area contributed by atoms with Crippen molar-refractivity contribution in [1.29, 1.82) is 0 Å². The lowest BCUT2D eigenvalue weighted by molar-refractivity contribution is -0.140. The van der Waals surface area contributed by atoms with Crippen LogP contribution in [0.15, 0.2) is 18.2 Å². The zero-order valence-electron chi connectivity index (χ0n) is 11.7. The first-order valence-electron chi connectivity index (χ1n) is 6.13. The minimum absolute atomic E-state index is 0.0188. The largest absolute Gasteiger partial charge is 0.469 e. The predicted octanol–water partition coefficient (Wildman–Crippen LogP) is 0.567. The lowest BCUT2D eigenvalue weighted by Crippen LogP contribution is -2.34. The third kappa shape index (κ3) is 3.76. The van der Waals surface area contributed by atoms with Gasteiger partial charge < -0.3 is 14.2 Å². The summed E-state index contributed by atoms with van der Waals surface area (Å²) in [6.07, 6.45) is -0.0188. The maximum Gasteiger partial charge on any atom is 0.306 e. The van der Waals surface area contributed by atoms with Gasteiger partial charge in [-0.1, -0.05) is 0 Å². The number of hydrogen-bond acceptors (Lipinski definition) is 6. The zero-order chi connectivity index (χ0) is 15.5. The van der Waals surface area contributed by atoms with E-state index in [-0.39, 0.29) is 19.8 Å². The molecule has 0 saturated heterocycles. The standard InChI is InChI=1S/C12H16N2O6S/c1-14(6-5-12(15)18-2)21(16,17)13-9-3-4-10-11(7-9)20-8-19-10/h3-4,7,13H,5-6,8H2,1-2H3. The Morgan fingerprint density at radius 1 is 1.38 bits per heavy atom. The van der Waals surface area contributed by atoms with Crippen LogP contribution in [-0.4, -0.2) is 46.2 Å². The van der Waals surface area contributed by atoms with Gasteiger partial charge in [0.1, 0.15) is 0 Å². The van der Waals surface area contributed by atoms with Crippen LogP contribution < -0.4 is 14.2 Å². The first-order chi connectivity index (χ1) is 9.92.